The lowest BCUT2D eigenvalue weighted by atomic mass is 10.2. The van der Waals surface area contributed by atoms with Crippen LogP contribution in [0.25, 0.3) is 0 Å². The molecule has 0 radical (unpaired) electrons. The van der Waals surface area contributed by atoms with Gasteiger partial charge in [0.25, 0.3) is 15.9 Å². The smallest absolute Gasteiger partial charge is 0.265 e. The second kappa shape index (κ2) is 10.3. The van der Waals surface area contributed by atoms with E-state index < -0.39 is 10.0 Å². The van der Waals surface area contributed by atoms with Gasteiger partial charge in [-0.25, -0.2) is 8.42 Å². The van der Waals surface area contributed by atoms with Crippen LogP contribution in [0.3, 0.4) is 0 Å². The number of nitrogens with zero attached hydrogens (tertiary/aromatic N) is 1. The highest BCUT2D eigenvalue weighted by molar-refractivity contribution is 7.92. The van der Waals surface area contributed by atoms with E-state index in [9.17, 15) is 13.2 Å². The van der Waals surface area contributed by atoms with E-state index in [1.807, 2.05) is 38.1 Å². The first-order valence-corrected chi connectivity index (χ1v) is 11.7. The lowest BCUT2D eigenvalue weighted by Gasteiger charge is -2.15. The third-order valence-electron chi connectivity index (χ3n) is 4.77. The zero-order valence-corrected chi connectivity index (χ0v) is 19.8. The summed E-state index contributed by atoms with van der Waals surface area (Å²) in [4.78, 5) is 14.5. The van der Waals surface area contributed by atoms with Crippen LogP contribution in [-0.4, -0.2) is 42.1 Å². The molecule has 0 aromatic heterocycles. The van der Waals surface area contributed by atoms with Gasteiger partial charge in [0.1, 0.15) is 16.4 Å². The molecule has 8 nitrogen and oxygen atoms in total. The van der Waals surface area contributed by atoms with Gasteiger partial charge in [-0.3, -0.25) is 9.52 Å². The van der Waals surface area contributed by atoms with Crippen LogP contribution in [-0.2, 0) is 10.0 Å². The average molecular weight is 470 g/mol. The number of sulfonamides is 1. The third-order valence-corrected chi connectivity index (χ3v) is 6.18. The van der Waals surface area contributed by atoms with Crippen molar-refractivity contribution in [3.8, 4) is 11.5 Å². The number of benzene rings is 3. The number of hydrogen-bond acceptors (Lipinski definition) is 6. The zero-order valence-electron chi connectivity index (χ0n) is 19.0. The minimum Gasteiger partial charge on any atom is -0.495 e. The van der Waals surface area contributed by atoms with Crippen molar-refractivity contribution >= 4 is 33.0 Å². The maximum atomic E-state index is 13.1. The van der Waals surface area contributed by atoms with Crippen LogP contribution >= 0.6 is 0 Å². The molecule has 9 heteroatoms. The molecule has 0 fully saturated rings. The van der Waals surface area contributed by atoms with Crippen molar-refractivity contribution in [3.05, 3.63) is 72.3 Å². The zero-order chi connectivity index (χ0) is 24.0. The molecule has 2 N–H and O–H groups in total. The summed E-state index contributed by atoms with van der Waals surface area (Å²) in [6, 6.07) is 18.1. The van der Waals surface area contributed by atoms with E-state index in [1.165, 1.54) is 19.2 Å². The summed E-state index contributed by atoms with van der Waals surface area (Å²) < 4.78 is 39.3. The summed E-state index contributed by atoms with van der Waals surface area (Å²) in [5.74, 6) is 0.441. The monoisotopic (exact) mass is 469 g/mol. The molecule has 174 valence electrons. The second-order valence-corrected chi connectivity index (χ2v) is 8.97. The van der Waals surface area contributed by atoms with Gasteiger partial charge < -0.3 is 19.7 Å². The topological polar surface area (TPSA) is 97.0 Å². The van der Waals surface area contributed by atoms with E-state index in [4.69, 9.17) is 9.47 Å². The summed E-state index contributed by atoms with van der Waals surface area (Å²) in [6.45, 7) is 2.38. The Hall–Kier alpha value is -3.72. The average Bonchev–Trinajstić information content (AvgIpc) is 2.80. The molecule has 0 heterocycles. The Morgan fingerprint density at radius 3 is 2.15 bits per heavy atom. The fraction of sp³-hybridized carbons (Fsp3) is 0.208. The van der Waals surface area contributed by atoms with Gasteiger partial charge in [0, 0.05) is 36.7 Å². The predicted molar refractivity (Wildman–Crippen MR) is 130 cm³/mol. The molecule has 0 aliphatic carbocycles. The molecule has 33 heavy (non-hydrogen) atoms. The van der Waals surface area contributed by atoms with Crippen LogP contribution in [0.5, 0.6) is 11.5 Å². The molecule has 0 bridgehead atoms. The van der Waals surface area contributed by atoms with Gasteiger partial charge in [0.05, 0.1) is 13.7 Å². The first-order valence-electron chi connectivity index (χ1n) is 10.3. The fourth-order valence-corrected chi connectivity index (χ4v) is 4.33. The maximum Gasteiger partial charge on any atom is 0.265 e. The maximum absolute atomic E-state index is 13.1. The molecule has 0 saturated carbocycles. The van der Waals surface area contributed by atoms with Crippen molar-refractivity contribution in [2.75, 3.05) is 42.8 Å². The Morgan fingerprint density at radius 1 is 0.939 bits per heavy atom. The highest BCUT2D eigenvalue weighted by Gasteiger charge is 2.21. The lowest BCUT2D eigenvalue weighted by Crippen LogP contribution is -2.16. The van der Waals surface area contributed by atoms with E-state index in [0.717, 1.165) is 5.69 Å². The molecule has 3 aromatic rings. The molecule has 3 aromatic carbocycles. The van der Waals surface area contributed by atoms with Crippen molar-refractivity contribution in [1.29, 1.82) is 0 Å². The van der Waals surface area contributed by atoms with Crippen LogP contribution < -0.4 is 24.4 Å². The van der Waals surface area contributed by atoms with Gasteiger partial charge >= 0.3 is 0 Å². The molecule has 0 saturated heterocycles. The summed E-state index contributed by atoms with van der Waals surface area (Å²) in [5, 5.41) is 2.74. The fourth-order valence-electron chi connectivity index (χ4n) is 3.07. The molecule has 3 rings (SSSR count). The summed E-state index contributed by atoms with van der Waals surface area (Å²) in [5.41, 5.74) is 2.11. The van der Waals surface area contributed by atoms with Gasteiger partial charge in [0.15, 0.2) is 0 Å². The Bertz CT molecular complexity index is 1210. The highest BCUT2D eigenvalue weighted by Crippen LogP contribution is 2.29. The number of carbonyl (C=O) groups excluding carboxylic acids is 1. The van der Waals surface area contributed by atoms with Gasteiger partial charge in [-0.2, -0.15) is 0 Å². The number of amides is 1. The van der Waals surface area contributed by atoms with Gasteiger partial charge in [-0.15, -0.1) is 0 Å². The lowest BCUT2D eigenvalue weighted by molar-refractivity contribution is 0.102. The Balaban J connectivity index is 1.82. The first kappa shape index (κ1) is 23.9. The molecular weight excluding hydrogens is 442 g/mol. The number of anilines is 3. The SMILES string of the molecule is CCOc1ccc(NS(=O)(=O)c2cc(NC(=O)c3ccc(N(C)C)cc3)ccc2OC)cc1. The number of ether oxygens (including phenoxy) is 2. The molecular formula is C24H27N3O5S. The van der Waals surface area contributed by atoms with E-state index in [0.29, 0.717) is 29.3 Å². The van der Waals surface area contributed by atoms with E-state index in [2.05, 4.69) is 10.0 Å². The van der Waals surface area contributed by atoms with Crippen molar-refractivity contribution in [2.45, 2.75) is 11.8 Å². The van der Waals surface area contributed by atoms with Crippen LogP contribution in [0.15, 0.2) is 71.6 Å². The first-order chi connectivity index (χ1) is 15.7. The van der Waals surface area contributed by atoms with Crippen molar-refractivity contribution in [3.63, 3.8) is 0 Å². The van der Waals surface area contributed by atoms with Crippen LogP contribution in [0.1, 0.15) is 17.3 Å². The Kier molecular flexibility index (Phi) is 7.44. The number of methoxy groups -OCH3 is 1. The van der Waals surface area contributed by atoms with E-state index in [1.54, 1.807) is 42.5 Å². The summed E-state index contributed by atoms with van der Waals surface area (Å²) >= 11 is 0. The molecule has 0 aliphatic rings. The summed E-state index contributed by atoms with van der Waals surface area (Å²) in [7, 11) is 1.22. The van der Waals surface area contributed by atoms with Crippen molar-refractivity contribution in [2.24, 2.45) is 0 Å². The number of nitrogens with one attached hydrogen (secondary N) is 2. The minimum absolute atomic E-state index is 0.0976. The van der Waals surface area contributed by atoms with E-state index in [-0.39, 0.29) is 16.6 Å². The van der Waals surface area contributed by atoms with Crippen LogP contribution in [0, 0.1) is 0 Å². The highest BCUT2D eigenvalue weighted by atomic mass is 32.2. The molecule has 0 aliphatic heterocycles. The standard InChI is InChI=1S/C24H27N3O5S/c1-5-32-21-13-8-18(9-14-21)26-33(29,30)23-16-19(10-15-22(23)31-4)25-24(28)17-6-11-20(12-7-17)27(2)3/h6-16,26H,5H2,1-4H3,(H,25,28). The van der Waals surface area contributed by atoms with Gasteiger partial charge in [-0.05, 0) is 73.7 Å². The largest absolute Gasteiger partial charge is 0.495 e. The van der Waals surface area contributed by atoms with E-state index >= 15 is 0 Å². The number of carbonyl (C=O) groups is 1. The third kappa shape index (κ3) is 5.95. The quantitative estimate of drug-likeness (QED) is 0.487. The van der Waals surface area contributed by atoms with Crippen LogP contribution in [0.4, 0.5) is 17.1 Å². The number of rotatable bonds is 9. The van der Waals surface area contributed by atoms with Gasteiger partial charge in [-0.1, -0.05) is 0 Å². The normalized spacial score (nSPS) is 10.9. The Labute approximate surface area is 194 Å². The molecule has 1 amide bonds. The Morgan fingerprint density at radius 2 is 1.58 bits per heavy atom. The predicted octanol–water partition coefficient (Wildman–Crippen LogP) is 4.21. The van der Waals surface area contributed by atoms with Crippen molar-refractivity contribution in [1.82, 2.24) is 0 Å². The number of hydrogen-bond donors (Lipinski definition) is 2. The molecule has 0 atom stereocenters. The molecule has 0 unspecified atom stereocenters. The summed E-state index contributed by atoms with van der Waals surface area (Å²) in [6.07, 6.45) is 0. The van der Waals surface area contributed by atoms with Crippen molar-refractivity contribution < 1.29 is 22.7 Å². The minimum atomic E-state index is -3.99. The second-order valence-electron chi connectivity index (χ2n) is 7.32. The van der Waals surface area contributed by atoms with Crippen LogP contribution in [0.2, 0.25) is 0 Å². The molecule has 0 spiro atoms. The van der Waals surface area contributed by atoms with Gasteiger partial charge in [0.2, 0.25) is 0 Å².